The van der Waals surface area contributed by atoms with Gasteiger partial charge in [-0.1, -0.05) is 19.8 Å². The molecule has 0 radical (unpaired) electrons. The van der Waals surface area contributed by atoms with Crippen LogP contribution in [0.25, 0.3) is 0 Å². The number of aromatic nitrogens is 4. The van der Waals surface area contributed by atoms with Crippen molar-refractivity contribution in [2.75, 3.05) is 26.2 Å². The quantitative estimate of drug-likeness (QED) is 0.685. The minimum absolute atomic E-state index is 0.0135. The van der Waals surface area contributed by atoms with Gasteiger partial charge in [0, 0.05) is 32.6 Å². The van der Waals surface area contributed by atoms with Gasteiger partial charge in [0.05, 0.1) is 0 Å². The third-order valence-electron chi connectivity index (χ3n) is 3.67. The van der Waals surface area contributed by atoms with E-state index < -0.39 is 0 Å². The zero-order chi connectivity index (χ0) is 15.1. The summed E-state index contributed by atoms with van der Waals surface area (Å²) in [6.45, 7) is 4.68. The number of amides is 2. The highest BCUT2D eigenvalue weighted by Gasteiger charge is 2.23. The van der Waals surface area contributed by atoms with Gasteiger partial charge in [-0.25, -0.2) is 4.68 Å². The van der Waals surface area contributed by atoms with Crippen molar-refractivity contribution in [3.63, 3.8) is 0 Å². The van der Waals surface area contributed by atoms with Gasteiger partial charge in [-0.3, -0.25) is 9.59 Å². The Morgan fingerprint density at radius 2 is 1.71 bits per heavy atom. The number of rotatable bonds is 6. The highest BCUT2D eigenvalue weighted by Crippen LogP contribution is 2.08. The Balaban J connectivity index is 1.72. The van der Waals surface area contributed by atoms with Crippen LogP contribution in [-0.4, -0.2) is 68.0 Å². The first-order valence-electron chi connectivity index (χ1n) is 7.47. The van der Waals surface area contributed by atoms with Crippen LogP contribution in [0.2, 0.25) is 0 Å². The molecule has 2 amide bonds. The fourth-order valence-electron chi connectivity index (χ4n) is 2.38. The molecule has 0 aromatic carbocycles. The normalized spacial score (nSPS) is 15.3. The zero-order valence-electron chi connectivity index (χ0n) is 12.4. The molecule has 2 rings (SSSR count). The Kier molecular flexibility index (Phi) is 5.65. The van der Waals surface area contributed by atoms with E-state index in [1.807, 2.05) is 4.90 Å². The molecular weight excluding hydrogens is 272 g/mol. The van der Waals surface area contributed by atoms with Gasteiger partial charge in [0.1, 0.15) is 12.9 Å². The summed E-state index contributed by atoms with van der Waals surface area (Å²) >= 11 is 0. The molecule has 8 nitrogen and oxygen atoms in total. The Bertz CT molecular complexity index is 453. The third kappa shape index (κ3) is 4.51. The van der Waals surface area contributed by atoms with Crippen molar-refractivity contribution in [3.05, 3.63) is 6.33 Å². The summed E-state index contributed by atoms with van der Waals surface area (Å²) in [4.78, 5) is 27.7. The molecule has 0 aliphatic carbocycles. The Morgan fingerprint density at radius 1 is 1.05 bits per heavy atom. The molecule has 116 valence electrons. The van der Waals surface area contributed by atoms with Crippen LogP contribution in [0.5, 0.6) is 0 Å². The number of carbonyl (C=O) groups is 2. The predicted octanol–water partition coefficient (Wildman–Crippen LogP) is -0.0758. The van der Waals surface area contributed by atoms with Gasteiger partial charge in [0.15, 0.2) is 0 Å². The second kappa shape index (κ2) is 7.70. The molecule has 1 saturated heterocycles. The molecule has 0 saturated carbocycles. The van der Waals surface area contributed by atoms with Crippen molar-refractivity contribution in [1.29, 1.82) is 0 Å². The van der Waals surface area contributed by atoms with Crippen molar-refractivity contribution in [3.8, 4) is 0 Å². The van der Waals surface area contributed by atoms with Crippen molar-refractivity contribution >= 4 is 11.8 Å². The monoisotopic (exact) mass is 294 g/mol. The van der Waals surface area contributed by atoms with E-state index in [4.69, 9.17) is 0 Å². The lowest BCUT2D eigenvalue weighted by Crippen LogP contribution is -2.51. The molecule has 0 bridgehead atoms. The van der Waals surface area contributed by atoms with Crippen LogP contribution in [-0.2, 0) is 16.1 Å². The Labute approximate surface area is 124 Å². The molecule has 1 aliphatic heterocycles. The molecule has 1 aromatic rings. The van der Waals surface area contributed by atoms with Crippen LogP contribution in [0.15, 0.2) is 6.33 Å². The third-order valence-corrected chi connectivity index (χ3v) is 3.67. The van der Waals surface area contributed by atoms with Crippen molar-refractivity contribution in [1.82, 2.24) is 30.0 Å². The van der Waals surface area contributed by atoms with Gasteiger partial charge < -0.3 is 9.80 Å². The van der Waals surface area contributed by atoms with Crippen LogP contribution >= 0.6 is 0 Å². The van der Waals surface area contributed by atoms with Gasteiger partial charge in [0.25, 0.3) is 0 Å². The minimum Gasteiger partial charge on any atom is -0.339 e. The molecule has 8 heteroatoms. The highest BCUT2D eigenvalue weighted by atomic mass is 16.2. The van der Waals surface area contributed by atoms with Gasteiger partial charge in [-0.15, -0.1) is 5.10 Å². The predicted molar refractivity (Wildman–Crippen MR) is 75.1 cm³/mol. The van der Waals surface area contributed by atoms with Crippen LogP contribution < -0.4 is 0 Å². The summed E-state index contributed by atoms with van der Waals surface area (Å²) in [5, 5.41) is 10.7. The first-order valence-corrected chi connectivity index (χ1v) is 7.47. The number of nitrogens with zero attached hydrogens (tertiary/aromatic N) is 6. The topological polar surface area (TPSA) is 84.2 Å². The van der Waals surface area contributed by atoms with E-state index >= 15 is 0 Å². The fraction of sp³-hybridized carbons (Fsp3) is 0.769. The van der Waals surface area contributed by atoms with Crippen LogP contribution in [0.4, 0.5) is 0 Å². The first-order chi connectivity index (χ1) is 10.2. The average Bonchev–Trinajstić information content (AvgIpc) is 3.00. The summed E-state index contributed by atoms with van der Waals surface area (Å²) in [5.41, 5.74) is 0. The highest BCUT2D eigenvalue weighted by molar-refractivity contribution is 5.78. The van der Waals surface area contributed by atoms with E-state index in [0.29, 0.717) is 32.6 Å². The summed E-state index contributed by atoms with van der Waals surface area (Å²) in [5.74, 6) is 0.191. The lowest BCUT2D eigenvalue weighted by Gasteiger charge is -2.34. The molecule has 0 N–H and O–H groups in total. The van der Waals surface area contributed by atoms with Crippen molar-refractivity contribution in [2.24, 2.45) is 0 Å². The second-order valence-corrected chi connectivity index (χ2v) is 5.23. The molecule has 1 aromatic heterocycles. The van der Waals surface area contributed by atoms with Gasteiger partial charge >= 0.3 is 0 Å². The first kappa shape index (κ1) is 15.4. The number of piperazine rings is 1. The summed E-state index contributed by atoms with van der Waals surface area (Å²) in [7, 11) is 0. The fourth-order valence-corrected chi connectivity index (χ4v) is 2.38. The Hall–Kier alpha value is -1.99. The molecular formula is C13H22N6O2. The van der Waals surface area contributed by atoms with Crippen LogP contribution in [0.1, 0.15) is 32.6 Å². The van der Waals surface area contributed by atoms with E-state index in [-0.39, 0.29) is 18.4 Å². The van der Waals surface area contributed by atoms with E-state index in [9.17, 15) is 9.59 Å². The van der Waals surface area contributed by atoms with E-state index in [2.05, 4.69) is 22.4 Å². The van der Waals surface area contributed by atoms with Crippen LogP contribution in [0, 0.1) is 0 Å². The molecule has 21 heavy (non-hydrogen) atoms. The van der Waals surface area contributed by atoms with E-state index in [1.54, 1.807) is 4.90 Å². The van der Waals surface area contributed by atoms with Crippen molar-refractivity contribution in [2.45, 2.75) is 39.2 Å². The van der Waals surface area contributed by atoms with Gasteiger partial charge in [-0.05, 0) is 16.8 Å². The Morgan fingerprint density at radius 3 is 2.29 bits per heavy atom. The maximum absolute atomic E-state index is 12.1. The van der Waals surface area contributed by atoms with Gasteiger partial charge in [-0.2, -0.15) is 0 Å². The SMILES string of the molecule is CCCCCC(=O)N1CCN(C(=O)Cn2cnnn2)CC1. The van der Waals surface area contributed by atoms with Crippen LogP contribution in [0.3, 0.4) is 0 Å². The number of hydrogen-bond acceptors (Lipinski definition) is 5. The minimum atomic E-state index is -0.0135. The number of hydrogen-bond donors (Lipinski definition) is 0. The smallest absolute Gasteiger partial charge is 0.244 e. The molecule has 2 heterocycles. The summed E-state index contributed by atoms with van der Waals surface area (Å²) in [6.07, 6.45) is 5.20. The lowest BCUT2D eigenvalue weighted by molar-refractivity contribution is -0.140. The average molecular weight is 294 g/mol. The molecule has 0 spiro atoms. The van der Waals surface area contributed by atoms with E-state index in [1.165, 1.54) is 11.0 Å². The second-order valence-electron chi connectivity index (χ2n) is 5.23. The number of tetrazole rings is 1. The largest absolute Gasteiger partial charge is 0.339 e. The van der Waals surface area contributed by atoms with Gasteiger partial charge in [0.2, 0.25) is 11.8 Å². The molecule has 0 atom stereocenters. The summed E-state index contributed by atoms with van der Waals surface area (Å²) in [6, 6.07) is 0. The summed E-state index contributed by atoms with van der Waals surface area (Å²) < 4.78 is 1.41. The molecule has 1 aliphatic rings. The lowest BCUT2D eigenvalue weighted by atomic mass is 10.2. The standard InChI is InChI=1S/C13H22N6O2/c1-2-3-4-5-12(20)17-6-8-18(9-7-17)13(21)10-19-11-14-15-16-19/h11H,2-10H2,1H3. The maximum atomic E-state index is 12.1. The van der Waals surface area contributed by atoms with Crippen molar-refractivity contribution < 1.29 is 9.59 Å². The number of carbonyl (C=O) groups excluding carboxylic acids is 2. The van der Waals surface area contributed by atoms with E-state index in [0.717, 1.165) is 19.3 Å². The molecule has 1 fully saturated rings. The molecule has 0 unspecified atom stereocenters. The maximum Gasteiger partial charge on any atom is 0.244 e. The zero-order valence-corrected chi connectivity index (χ0v) is 12.4. The number of unbranched alkanes of at least 4 members (excludes halogenated alkanes) is 2.